The number of hydrogen-bond donors (Lipinski definition) is 1. The van der Waals surface area contributed by atoms with Gasteiger partial charge in [0.25, 0.3) is 17.1 Å². The van der Waals surface area contributed by atoms with Gasteiger partial charge in [-0.25, -0.2) is 0 Å². The standard InChI is InChI=1S/C13H5N3O8/c17-10-4-6(15(21)22)2-8-12(10)11-7(13(8)18)1-5(14(19)20)3-9(11)16(23)24/h1-4,17H. The van der Waals surface area contributed by atoms with Gasteiger partial charge in [-0.15, -0.1) is 0 Å². The molecule has 0 aliphatic heterocycles. The molecule has 0 heterocycles. The fourth-order valence-electron chi connectivity index (χ4n) is 2.61. The molecule has 0 atom stereocenters. The normalized spacial score (nSPS) is 11.8. The number of rotatable bonds is 3. The van der Waals surface area contributed by atoms with Crippen molar-refractivity contribution >= 4 is 22.8 Å². The molecule has 0 fully saturated rings. The lowest BCUT2D eigenvalue weighted by Crippen LogP contribution is -2.00. The minimum atomic E-state index is -0.922. The minimum absolute atomic E-state index is 0.248. The van der Waals surface area contributed by atoms with E-state index >= 15 is 0 Å². The SMILES string of the molecule is O=C1c2cc([N+](=O)[O-])cc(O)c2-c2c1cc([N+](=O)[O-])cc2[N+](=O)[O-]. The monoisotopic (exact) mass is 331 g/mol. The van der Waals surface area contributed by atoms with Gasteiger partial charge in [-0.2, -0.15) is 0 Å². The molecule has 11 nitrogen and oxygen atoms in total. The number of ketones is 1. The molecule has 0 saturated heterocycles. The fourth-order valence-corrected chi connectivity index (χ4v) is 2.61. The molecule has 0 aromatic heterocycles. The van der Waals surface area contributed by atoms with E-state index in [0.29, 0.717) is 6.07 Å². The molecule has 0 radical (unpaired) electrons. The lowest BCUT2D eigenvalue weighted by atomic mass is 10.0. The van der Waals surface area contributed by atoms with Gasteiger partial charge < -0.3 is 5.11 Å². The number of non-ortho nitro benzene ring substituents is 2. The number of fused-ring (bicyclic) bond motifs is 3. The molecule has 0 unspecified atom stereocenters. The van der Waals surface area contributed by atoms with Gasteiger partial charge in [0.1, 0.15) is 5.75 Å². The highest BCUT2D eigenvalue weighted by molar-refractivity contribution is 6.24. The largest absolute Gasteiger partial charge is 0.507 e. The van der Waals surface area contributed by atoms with Crippen LogP contribution in [0.1, 0.15) is 15.9 Å². The van der Waals surface area contributed by atoms with Crippen LogP contribution < -0.4 is 0 Å². The zero-order chi connectivity index (χ0) is 17.8. The number of nitro benzene ring substituents is 3. The Morgan fingerprint density at radius 3 is 1.75 bits per heavy atom. The molecular formula is C13H5N3O8. The number of hydrogen-bond acceptors (Lipinski definition) is 8. The summed E-state index contributed by atoms with van der Waals surface area (Å²) in [6.07, 6.45) is 0. The average molecular weight is 331 g/mol. The van der Waals surface area contributed by atoms with Gasteiger partial charge in [-0.3, -0.25) is 35.1 Å². The smallest absolute Gasteiger partial charge is 0.284 e. The molecule has 1 aliphatic carbocycles. The summed E-state index contributed by atoms with van der Waals surface area (Å²) < 4.78 is 0. The predicted molar refractivity (Wildman–Crippen MR) is 76.9 cm³/mol. The maximum atomic E-state index is 12.4. The zero-order valence-corrected chi connectivity index (χ0v) is 11.5. The summed E-state index contributed by atoms with van der Waals surface area (Å²) >= 11 is 0. The Kier molecular flexibility index (Phi) is 3.01. The summed E-state index contributed by atoms with van der Waals surface area (Å²) in [5.74, 6) is -1.56. The molecule has 24 heavy (non-hydrogen) atoms. The number of carbonyl (C=O) groups is 1. The highest BCUT2D eigenvalue weighted by Gasteiger charge is 2.39. The average Bonchev–Trinajstić information content (AvgIpc) is 2.79. The molecule has 3 rings (SSSR count). The van der Waals surface area contributed by atoms with Crippen LogP contribution in [0.2, 0.25) is 0 Å². The van der Waals surface area contributed by atoms with E-state index in [1.807, 2.05) is 0 Å². The highest BCUT2D eigenvalue weighted by Crippen LogP contribution is 2.49. The molecule has 120 valence electrons. The number of phenols is 1. The first-order valence-electron chi connectivity index (χ1n) is 6.25. The maximum Gasteiger partial charge on any atom is 0.284 e. The van der Waals surface area contributed by atoms with E-state index in [2.05, 4.69) is 0 Å². The number of nitrogens with zero attached hydrogens (tertiary/aromatic N) is 3. The number of phenolic OH excluding ortho intramolecular Hbond substituents is 1. The second kappa shape index (κ2) is 4.81. The van der Waals surface area contributed by atoms with Crippen molar-refractivity contribution in [2.45, 2.75) is 0 Å². The van der Waals surface area contributed by atoms with Crippen molar-refractivity contribution in [3.05, 3.63) is 65.7 Å². The van der Waals surface area contributed by atoms with E-state index < -0.39 is 43.4 Å². The molecule has 2 aromatic carbocycles. The van der Waals surface area contributed by atoms with Crippen LogP contribution in [-0.4, -0.2) is 25.7 Å². The van der Waals surface area contributed by atoms with Crippen LogP contribution in [0.3, 0.4) is 0 Å². The summed E-state index contributed by atoms with van der Waals surface area (Å²) in [6, 6.07) is 3.14. The molecule has 1 aliphatic rings. The first-order valence-corrected chi connectivity index (χ1v) is 6.25. The van der Waals surface area contributed by atoms with Gasteiger partial charge in [-0.1, -0.05) is 0 Å². The van der Waals surface area contributed by atoms with Crippen molar-refractivity contribution in [3.8, 4) is 16.9 Å². The molecule has 11 heteroatoms. The first-order chi connectivity index (χ1) is 11.2. The van der Waals surface area contributed by atoms with E-state index in [9.17, 15) is 40.2 Å². The predicted octanol–water partition coefficient (Wildman–Crippen LogP) is 2.33. The lowest BCUT2D eigenvalue weighted by molar-refractivity contribution is -0.393. The van der Waals surface area contributed by atoms with E-state index in [1.54, 1.807) is 0 Å². The van der Waals surface area contributed by atoms with Crippen LogP contribution >= 0.6 is 0 Å². The number of aromatic hydroxyl groups is 1. The Labute approximate surface area is 131 Å². The summed E-state index contributed by atoms with van der Waals surface area (Å²) in [6.45, 7) is 0. The van der Waals surface area contributed by atoms with Gasteiger partial charge in [0.05, 0.1) is 32.5 Å². The minimum Gasteiger partial charge on any atom is -0.507 e. The Hall–Kier alpha value is -3.89. The molecule has 0 saturated carbocycles. The van der Waals surface area contributed by atoms with Gasteiger partial charge in [0.15, 0.2) is 5.78 Å². The van der Waals surface area contributed by atoms with E-state index in [1.165, 1.54) is 0 Å². The van der Waals surface area contributed by atoms with E-state index in [-0.39, 0.29) is 22.3 Å². The zero-order valence-electron chi connectivity index (χ0n) is 11.5. The van der Waals surface area contributed by atoms with Crippen LogP contribution in [0, 0.1) is 30.3 Å². The third-order valence-corrected chi connectivity index (χ3v) is 3.56. The molecule has 2 aromatic rings. The molecule has 0 amide bonds. The molecule has 1 N–H and O–H groups in total. The van der Waals surface area contributed by atoms with Crippen molar-refractivity contribution in [2.75, 3.05) is 0 Å². The quantitative estimate of drug-likeness (QED) is 0.563. The van der Waals surface area contributed by atoms with Gasteiger partial charge >= 0.3 is 0 Å². The number of benzene rings is 2. The Morgan fingerprint density at radius 1 is 0.750 bits per heavy atom. The van der Waals surface area contributed by atoms with Crippen LogP contribution in [0.4, 0.5) is 17.1 Å². The second-order valence-corrected chi connectivity index (χ2v) is 4.88. The lowest BCUT2D eigenvalue weighted by Gasteiger charge is -2.04. The number of nitro groups is 3. The van der Waals surface area contributed by atoms with Gasteiger partial charge in [0.2, 0.25) is 0 Å². The molecular weight excluding hydrogens is 326 g/mol. The second-order valence-electron chi connectivity index (χ2n) is 4.88. The molecule has 0 bridgehead atoms. The van der Waals surface area contributed by atoms with E-state index in [4.69, 9.17) is 0 Å². The van der Waals surface area contributed by atoms with Crippen LogP contribution in [0.5, 0.6) is 5.75 Å². The Morgan fingerprint density at radius 2 is 1.25 bits per heavy atom. The van der Waals surface area contributed by atoms with Crippen molar-refractivity contribution in [1.29, 1.82) is 0 Å². The van der Waals surface area contributed by atoms with Crippen molar-refractivity contribution < 1.29 is 24.7 Å². The van der Waals surface area contributed by atoms with Crippen LogP contribution in [0.15, 0.2) is 24.3 Å². The Balaban J connectivity index is 2.41. The van der Waals surface area contributed by atoms with Crippen molar-refractivity contribution in [3.63, 3.8) is 0 Å². The van der Waals surface area contributed by atoms with Gasteiger partial charge in [-0.05, 0) is 0 Å². The van der Waals surface area contributed by atoms with Crippen molar-refractivity contribution in [1.82, 2.24) is 0 Å². The topological polar surface area (TPSA) is 167 Å². The first kappa shape index (κ1) is 15.0. The third-order valence-electron chi connectivity index (χ3n) is 3.56. The third kappa shape index (κ3) is 1.95. The fraction of sp³-hybridized carbons (Fsp3) is 0. The summed E-state index contributed by atoms with van der Waals surface area (Å²) in [5.41, 5.74) is -3.21. The summed E-state index contributed by atoms with van der Waals surface area (Å²) in [4.78, 5) is 42.7. The van der Waals surface area contributed by atoms with E-state index in [0.717, 1.165) is 18.2 Å². The Bertz CT molecular complexity index is 982. The molecule has 0 spiro atoms. The number of carbonyl (C=O) groups excluding carboxylic acids is 1. The maximum absolute atomic E-state index is 12.4. The highest BCUT2D eigenvalue weighted by atomic mass is 16.6. The van der Waals surface area contributed by atoms with Gasteiger partial charge in [0, 0.05) is 28.8 Å². The van der Waals surface area contributed by atoms with Crippen molar-refractivity contribution in [2.24, 2.45) is 0 Å². The summed E-state index contributed by atoms with van der Waals surface area (Å²) in [7, 11) is 0. The van der Waals surface area contributed by atoms with Crippen LogP contribution in [0.25, 0.3) is 11.1 Å². The van der Waals surface area contributed by atoms with Crippen LogP contribution in [-0.2, 0) is 0 Å². The summed E-state index contributed by atoms with van der Waals surface area (Å²) in [5, 5.41) is 43.0.